The van der Waals surface area contributed by atoms with Crippen molar-refractivity contribution in [3.05, 3.63) is 52.3 Å². The number of ether oxygens (including phenoxy) is 1. The van der Waals surface area contributed by atoms with Gasteiger partial charge in [0.15, 0.2) is 0 Å². The molecule has 1 aliphatic rings. The fourth-order valence-corrected chi connectivity index (χ4v) is 3.98. The van der Waals surface area contributed by atoms with Gasteiger partial charge in [-0.25, -0.2) is 0 Å². The number of nitrogens with zero attached hydrogens (tertiary/aromatic N) is 2. The molecule has 0 unspecified atom stereocenters. The molecule has 1 amide bonds. The highest BCUT2D eigenvalue weighted by Gasteiger charge is 2.27. The number of anilines is 1. The first kappa shape index (κ1) is 20.5. The van der Waals surface area contributed by atoms with Gasteiger partial charge in [-0.1, -0.05) is 31.2 Å². The summed E-state index contributed by atoms with van der Waals surface area (Å²) in [5.41, 5.74) is 6.67. The molecule has 1 aromatic carbocycles. The van der Waals surface area contributed by atoms with E-state index in [-0.39, 0.29) is 11.9 Å². The topological polar surface area (TPSA) is 46.5 Å². The number of hydrogen-bond donors (Lipinski definition) is 1. The van der Waals surface area contributed by atoms with Crippen molar-refractivity contribution in [2.45, 2.75) is 53.6 Å². The standard InChI is InChI=1S/C23H33N3O2/c1-6-17(3)24-23(27)22-18(4)21(25-11-13-28-14-12-25)19(5)26(22)15-20-10-8-7-9-16(20)2/h7-10,17H,6,11-15H2,1-5H3,(H,24,27)/t17-/m0/s1. The Kier molecular flexibility index (Phi) is 6.45. The maximum absolute atomic E-state index is 13.2. The van der Waals surface area contributed by atoms with Crippen molar-refractivity contribution in [3.63, 3.8) is 0 Å². The maximum atomic E-state index is 13.2. The minimum absolute atomic E-state index is 0.0167. The number of nitrogens with one attached hydrogen (secondary N) is 1. The van der Waals surface area contributed by atoms with Crippen LogP contribution in [0.15, 0.2) is 24.3 Å². The number of aryl methyl sites for hydroxylation is 1. The molecule has 3 rings (SSSR count). The molecule has 28 heavy (non-hydrogen) atoms. The smallest absolute Gasteiger partial charge is 0.268 e. The lowest BCUT2D eigenvalue weighted by Gasteiger charge is -2.29. The first-order chi connectivity index (χ1) is 13.4. The van der Waals surface area contributed by atoms with Crippen LogP contribution in [0.3, 0.4) is 0 Å². The van der Waals surface area contributed by atoms with Crippen LogP contribution in [0.1, 0.15) is 53.1 Å². The van der Waals surface area contributed by atoms with Crippen molar-refractivity contribution in [2.75, 3.05) is 31.2 Å². The molecule has 1 fully saturated rings. The van der Waals surface area contributed by atoms with Gasteiger partial charge in [0.1, 0.15) is 5.69 Å². The Balaban J connectivity index is 2.06. The molecule has 2 aromatic rings. The first-order valence-corrected chi connectivity index (χ1v) is 10.3. The van der Waals surface area contributed by atoms with E-state index in [1.165, 1.54) is 16.8 Å². The summed E-state index contributed by atoms with van der Waals surface area (Å²) in [6, 6.07) is 8.55. The predicted molar refractivity (Wildman–Crippen MR) is 114 cm³/mol. The summed E-state index contributed by atoms with van der Waals surface area (Å²) < 4.78 is 7.73. The Morgan fingerprint density at radius 1 is 1.18 bits per heavy atom. The minimum Gasteiger partial charge on any atom is -0.378 e. The summed E-state index contributed by atoms with van der Waals surface area (Å²) in [4.78, 5) is 15.6. The van der Waals surface area contributed by atoms with Gasteiger partial charge in [0.2, 0.25) is 0 Å². The molecule has 1 aliphatic heterocycles. The lowest BCUT2D eigenvalue weighted by Crippen LogP contribution is -2.37. The molecular formula is C23H33N3O2. The third-order valence-electron chi connectivity index (χ3n) is 5.85. The second-order valence-electron chi connectivity index (χ2n) is 7.80. The zero-order chi connectivity index (χ0) is 20.3. The van der Waals surface area contributed by atoms with Gasteiger partial charge in [-0.05, 0) is 45.2 Å². The van der Waals surface area contributed by atoms with E-state index < -0.39 is 0 Å². The van der Waals surface area contributed by atoms with Crippen molar-refractivity contribution in [2.24, 2.45) is 0 Å². The second kappa shape index (κ2) is 8.82. The van der Waals surface area contributed by atoms with Gasteiger partial charge in [0, 0.05) is 36.9 Å². The summed E-state index contributed by atoms with van der Waals surface area (Å²) in [6.07, 6.45) is 0.915. The van der Waals surface area contributed by atoms with E-state index >= 15 is 0 Å². The molecule has 1 saturated heterocycles. The van der Waals surface area contributed by atoms with E-state index in [0.29, 0.717) is 6.54 Å². The van der Waals surface area contributed by atoms with Gasteiger partial charge < -0.3 is 19.5 Å². The van der Waals surface area contributed by atoms with E-state index in [4.69, 9.17) is 4.74 Å². The third-order valence-corrected chi connectivity index (χ3v) is 5.85. The highest BCUT2D eigenvalue weighted by atomic mass is 16.5. The Morgan fingerprint density at radius 2 is 1.86 bits per heavy atom. The molecule has 0 radical (unpaired) electrons. The number of carbonyl (C=O) groups excluding carboxylic acids is 1. The van der Waals surface area contributed by atoms with Crippen LogP contribution in [0.25, 0.3) is 0 Å². The number of rotatable bonds is 6. The highest BCUT2D eigenvalue weighted by Crippen LogP contribution is 2.32. The third kappa shape index (κ3) is 4.09. The van der Waals surface area contributed by atoms with Gasteiger partial charge in [0.05, 0.1) is 18.9 Å². The lowest BCUT2D eigenvalue weighted by atomic mass is 10.1. The number of carbonyl (C=O) groups is 1. The molecule has 5 nitrogen and oxygen atoms in total. The number of amides is 1. The second-order valence-corrected chi connectivity index (χ2v) is 7.80. The Morgan fingerprint density at radius 3 is 2.50 bits per heavy atom. The fraction of sp³-hybridized carbons (Fsp3) is 0.522. The van der Waals surface area contributed by atoms with E-state index in [1.807, 2.05) is 0 Å². The van der Waals surface area contributed by atoms with Gasteiger partial charge in [-0.15, -0.1) is 0 Å². The molecule has 0 spiro atoms. The molecule has 1 N–H and O–H groups in total. The van der Waals surface area contributed by atoms with Crippen LogP contribution in [0.5, 0.6) is 0 Å². The van der Waals surface area contributed by atoms with Crippen molar-refractivity contribution in [1.82, 2.24) is 9.88 Å². The number of morpholine rings is 1. The molecular weight excluding hydrogens is 350 g/mol. The highest BCUT2D eigenvalue weighted by molar-refractivity contribution is 5.96. The number of benzene rings is 1. The molecule has 1 atom stereocenters. The van der Waals surface area contributed by atoms with Crippen LogP contribution in [0, 0.1) is 20.8 Å². The summed E-state index contributed by atoms with van der Waals surface area (Å²) >= 11 is 0. The molecule has 5 heteroatoms. The number of aromatic nitrogens is 1. The summed E-state index contributed by atoms with van der Waals surface area (Å²) in [6.45, 7) is 14.4. The zero-order valence-corrected chi connectivity index (χ0v) is 17.8. The Labute approximate surface area is 168 Å². The molecule has 0 aliphatic carbocycles. The van der Waals surface area contributed by atoms with Crippen LogP contribution in [-0.2, 0) is 11.3 Å². The zero-order valence-electron chi connectivity index (χ0n) is 17.8. The quantitative estimate of drug-likeness (QED) is 0.825. The lowest BCUT2D eigenvalue weighted by molar-refractivity contribution is 0.0929. The van der Waals surface area contributed by atoms with Crippen molar-refractivity contribution in [3.8, 4) is 0 Å². The van der Waals surface area contributed by atoms with E-state index in [1.54, 1.807) is 0 Å². The van der Waals surface area contributed by atoms with Crippen LogP contribution >= 0.6 is 0 Å². The van der Waals surface area contributed by atoms with Crippen LogP contribution < -0.4 is 10.2 Å². The van der Waals surface area contributed by atoms with Crippen molar-refractivity contribution < 1.29 is 9.53 Å². The maximum Gasteiger partial charge on any atom is 0.268 e. The van der Waals surface area contributed by atoms with Gasteiger partial charge in [-0.2, -0.15) is 0 Å². The summed E-state index contributed by atoms with van der Waals surface area (Å²) in [5, 5.41) is 3.17. The van der Waals surface area contributed by atoms with Crippen molar-refractivity contribution in [1.29, 1.82) is 0 Å². The normalized spacial score (nSPS) is 15.5. The van der Waals surface area contributed by atoms with Gasteiger partial charge in [0.25, 0.3) is 5.91 Å². The average Bonchev–Trinajstić information content (AvgIpc) is 2.94. The Hall–Kier alpha value is -2.27. The van der Waals surface area contributed by atoms with Gasteiger partial charge >= 0.3 is 0 Å². The van der Waals surface area contributed by atoms with E-state index in [2.05, 4.69) is 73.7 Å². The van der Waals surface area contributed by atoms with E-state index in [9.17, 15) is 4.79 Å². The average molecular weight is 384 g/mol. The summed E-state index contributed by atoms with van der Waals surface area (Å²) in [5.74, 6) is 0.0167. The molecule has 0 saturated carbocycles. The van der Waals surface area contributed by atoms with Crippen LogP contribution in [0.2, 0.25) is 0 Å². The predicted octanol–water partition coefficient (Wildman–Crippen LogP) is 3.83. The first-order valence-electron chi connectivity index (χ1n) is 10.3. The molecule has 0 bridgehead atoms. The van der Waals surface area contributed by atoms with Crippen molar-refractivity contribution >= 4 is 11.6 Å². The van der Waals surface area contributed by atoms with Crippen LogP contribution in [0.4, 0.5) is 5.69 Å². The fourth-order valence-electron chi connectivity index (χ4n) is 3.98. The molecule has 152 valence electrons. The van der Waals surface area contributed by atoms with E-state index in [0.717, 1.165) is 49.7 Å². The van der Waals surface area contributed by atoms with Crippen LogP contribution in [-0.4, -0.2) is 42.8 Å². The largest absolute Gasteiger partial charge is 0.378 e. The SMILES string of the molecule is CC[C@H](C)NC(=O)c1c(C)c(N2CCOCC2)c(C)n1Cc1ccccc1C. The molecule has 1 aromatic heterocycles. The number of hydrogen-bond acceptors (Lipinski definition) is 3. The minimum atomic E-state index is 0.0167. The summed E-state index contributed by atoms with van der Waals surface area (Å²) in [7, 11) is 0. The Bertz CT molecular complexity index is 835. The monoisotopic (exact) mass is 383 g/mol. The van der Waals surface area contributed by atoms with Gasteiger partial charge in [-0.3, -0.25) is 4.79 Å². The molecule has 2 heterocycles.